The first-order chi connectivity index (χ1) is 17.6. The molecule has 1 N–H and O–H groups in total. The molecule has 2 aliphatic rings. The highest BCUT2D eigenvalue weighted by Crippen LogP contribution is 2.22. The van der Waals surface area contributed by atoms with Gasteiger partial charge in [-0.1, -0.05) is 13.3 Å². The van der Waals surface area contributed by atoms with Gasteiger partial charge in [-0.05, 0) is 57.1 Å². The van der Waals surface area contributed by atoms with E-state index in [1.807, 2.05) is 24.3 Å². The molecule has 36 heavy (non-hydrogen) atoms. The lowest BCUT2D eigenvalue weighted by atomic mass is 10.00. The van der Waals surface area contributed by atoms with Crippen LogP contribution in [-0.4, -0.2) is 81.3 Å². The van der Waals surface area contributed by atoms with Crippen LogP contribution in [-0.2, 0) is 24.3 Å². The lowest BCUT2D eigenvalue weighted by Crippen LogP contribution is -2.45. The number of anilines is 1. The Morgan fingerprint density at radius 2 is 1.89 bits per heavy atom. The highest BCUT2D eigenvalue weighted by Gasteiger charge is 2.22. The Labute approximate surface area is 212 Å². The SMILES string of the molecule is CCC1CCCCN1Cc1ccc(CNC(=O)CCc2nnc3ccc(N4CCN(C)CC4)nn23)o1. The van der Waals surface area contributed by atoms with Gasteiger partial charge >= 0.3 is 0 Å². The van der Waals surface area contributed by atoms with Crippen molar-refractivity contribution in [3.05, 3.63) is 41.6 Å². The molecule has 1 unspecified atom stereocenters. The summed E-state index contributed by atoms with van der Waals surface area (Å²) in [7, 11) is 2.14. The number of piperazine rings is 1. The van der Waals surface area contributed by atoms with Crippen LogP contribution in [0.15, 0.2) is 28.7 Å². The Bertz CT molecular complexity index is 1150. The number of carbonyl (C=O) groups is 1. The molecule has 3 aromatic rings. The molecule has 2 aliphatic heterocycles. The zero-order valence-electron chi connectivity index (χ0n) is 21.5. The maximum Gasteiger partial charge on any atom is 0.220 e. The summed E-state index contributed by atoms with van der Waals surface area (Å²) in [5, 5.41) is 16.2. The van der Waals surface area contributed by atoms with Gasteiger partial charge < -0.3 is 19.5 Å². The molecule has 0 aromatic carbocycles. The van der Waals surface area contributed by atoms with E-state index >= 15 is 0 Å². The number of nitrogens with one attached hydrogen (secondary N) is 1. The van der Waals surface area contributed by atoms with Gasteiger partial charge in [-0.15, -0.1) is 15.3 Å². The van der Waals surface area contributed by atoms with E-state index in [1.54, 1.807) is 4.52 Å². The number of rotatable bonds is 9. The average Bonchev–Trinajstić information content (AvgIpc) is 3.53. The third-order valence-electron chi connectivity index (χ3n) is 7.47. The number of likely N-dealkylation sites (N-methyl/N-ethyl adjacent to an activating group) is 1. The molecule has 0 bridgehead atoms. The number of hydrogen-bond acceptors (Lipinski definition) is 8. The molecule has 0 saturated carbocycles. The number of hydrogen-bond donors (Lipinski definition) is 1. The summed E-state index contributed by atoms with van der Waals surface area (Å²) in [5.74, 6) is 3.33. The van der Waals surface area contributed by atoms with E-state index in [1.165, 1.54) is 25.7 Å². The molecular formula is C26H38N8O2. The predicted octanol–water partition coefficient (Wildman–Crippen LogP) is 2.48. The molecular weight excluding hydrogens is 456 g/mol. The lowest BCUT2D eigenvalue weighted by Gasteiger charge is -2.34. The molecule has 0 aliphatic carbocycles. The van der Waals surface area contributed by atoms with E-state index in [-0.39, 0.29) is 5.91 Å². The van der Waals surface area contributed by atoms with E-state index in [0.717, 1.165) is 56.6 Å². The summed E-state index contributed by atoms with van der Waals surface area (Å²) in [5.41, 5.74) is 0.699. The number of piperidine rings is 1. The molecule has 5 heterocycles. The van der Waals surface area contributed by atoms with Gasteiger partial charge in [0.25, 0.3) is 0 Å². The standard InChI is InChI=1S/C26H38N8O2/c1-3-20-6-4-5-13-33(20)19-22-8-7-21(36-22)18-27-26(35)12-11-24-29-28-23-9-10-25(30-34(23)24)32-16-14-31(2)15-17-32/h7-10,20H,3-6,11-19H2,1-2H3,(H,27,35). The number of aryl methyl sites for hydroxylation is 1. The second kappa shape index (κ2) is 11.4. The molecule has 10 heteroatoms. The van der Waals surface area contributed by atoms with Crippen molar-refractivity contribution in [2.24, 2.45) is 0 Å². The van der Waals surface area contributed by atoms with Crippen molar-refractivity contribution in [1.29, 1.82) is 0 Å². The van der Waals surface area contributed by atoms with Gasteiger partial charge in [-0.3, -0.25) is 9.69 Å². The first kappa shape index (κ1) is 24.7. The van der Waals surface area contributed by atoms with Crippen molar-refractivity contribution in [1.82, 2.24) is 34.9 Å². The molecule has 10 nitrogen and oxygen atoms in total. The minimum atomic E-state index is -0.0398. The first-order valence-corrected chi connectivity index (χ1v) is 13.3. The molecule has 3 aromatic heterocycles. The van der Waals surface area contributed by atoms with Crippen LogP contribution in [0.3, 0.4) is 0 Å². The van der Waals surface area contributed by atoms with Crippen molar-refractivity contribution in [2.45, 2.75) is 64.6 Å². The number of amides is 1. The Hall–Kier alpha value is -2.98. The van der Waals surface area contributed by atoms with Crippen LogP contribution in [0.2, 0.25) is 0 Å². The third-order valence-corrected chi connectivity index (χ3v) is 7.47. The minimum absolute atomic E-state index is 0.0398. The quantitative estimate of drug-likeness (QED) is 0.485. The minimum Gasteiger partial charge on any atom is -0.463 e. The number of fused-ring (bicyclic) bond motifs is 1. The Kier molecular flexibility index (Phi) is 7.81. The number of carbonyl (C=O) groups excluding carboxylic acids is 1. The number of likely N-dealkylation sites (tertiary alicyclic amines) is 1. The average molecular weight is 495 g/mol. The second-order valence-electron chi connectivity index (χ2n) is 10.0. The largest absolute Gasteiger partial charge is 0.463 e. The molecule has 0 spiro atoms. The van der Waals surface area contributed by atoms with Crippen LogP contribution in [0.5, 0.6) is 0 Å². The topological polar surface area (TPSA) is 95.0 Å². The molecule has 5 rings (SSSR count). The molecule has 194 valence electrons. The molecule has 1 atom stereocenters. The summed E-state index contributed by atoms with van der Waals surface area (Å²) < 4.78 is 7.78. The highest BCUT2D eigenvalue weighted by molar-refractivity contribution is 5.76. The third kappa shape index (κ3) is 5.87. The fraction of sp³-hybridized carbons (Fsp3) is 0.615. The van der Waals surface area contributed by atoms with Gasteiger partial charge in [-0.25, -0.2) is 0 Å². The van der Waals surface area contributed by atoms with Crippen LogP contribution in [0.25, 0.3) is 5.65 Å². The molecule has 2 saturated heterocycles. The molecule has 1 amide bonds. The summed E-state index contributed by atoms with van der Waals surface area (Å²) in [4.78, 5) is 19.7. The molecule has 2 fully saturated rings. The second-order valence-corrected chi connectivity index (χ2v) is 10.0. The summed E-state index contributed by atoms with van der Waals surface area (Å²) in [6.07, 6.45) is 5.83. The maximum absolute atomic E-state index is 12.5. The van der Waals surface area contributed by atoms with Gasteiger partial charge in [0, 0.05) is 45.1 Å². The monoisotopic (exact) mass is 494 g/mol. The normalized spacial score (nSPS) is 19.7. The number of nitrogens with zero attached hydrogens (tertiary/aromatic N) is 7. The predicted molar refractivity (Wildman–Crippen MR) is 138 cm³/mol. The lowest BCUT2D eigenvalue weighted by molar-refractivity contribution is -0.121. The zero-order chi connectivity index (χ0) is 24.9. The van der Waals surface area contributed by atoms with Crippen LogP contribution in [0.1, 0.15) is 56.4 Å². The fourth-order valence-corrected chi connectivity index (χ4v) is 5.22. The van der Waals surface area contributed by atoms with Crippen molar-refractivity contribution in [3.63, 3.8) is 0 Å². The molecule has 0 radical (unpaired) electrons. The van der Waals surface area contributed by atoms with Gasteiger partial charge in [0.05, 0.1) is 13.1 Å². The Morgan fingerprint density at radius 3 is 2.72 bits per heavy atom. The van der Waals surface area contributed by atoms with Crippen LogP contribution < -0.4 is 10.2 Å². The van der Waals surface area contributed by atoms with Gasteiger partial charge in [0.1, 0.15) is 17.3 Å². The van der Waals surface area contributed by atoms with Crippen LogP contribution >= 0.6 is 0 Å². The number of aromatic nitrogens is 4. The van der Waals surface area contributed by atoms with E-state index in [0.29, 0.717) is 36.9 Å². The smallest absolute Gasteiger partial charge is 0.220 e. The van der Waals surface area contributed by atoms with Crippen LogP contribution in [0.4, 0.5) is 5.82 Å². The van der Waals surface area contributed by atoms with Gasteiger partial charge in [0.2, 0.25) is 5.91 Å². The van der Waals surface area contributed by atoms with E-state index in [9.17, 15) is 4.79 Å². The van der Waals surface area contributed by atoms with Crippen molar-refractivity contribution in [2.75, 3.05) is 44.7 Å². The Balaban J connectivity index is 1.12. The summed E-state index contributed by atoms with van der Waals surface area (Å²) >= 11 is 0. The van der Waals surface area contributed by atoms with Crippen LogP contribution in [0, 0.1) is 0 Å². The van der Waals surface area contributed by atoms with Gasteiger partial charge in [-0.2, -0.15) is 4.52 Å². The fourth-order valence-electron chi connectivity index (χ4n) is 5.22. The van der Waals surface area contributed by atoms with E-state index < -0.39 is 0 Å². The Morgan fingerprint density at radius 1 is 1.06 bits per heavy atom. The number of furan rings is 1. The van der Waals surface area contributed by atoms with Crippen molar-refractivity contribution in [3.8, 4) is 0 Å². The van der Waals surface area contributed by atoms with Gasteiger partial charge in [0.15, 0.2) is 11.5 Å². The van der Waals surface area contributed by atoms with E-state index in [2.05, 4.69) is 44.2 Å². The zero-order valence-corrected chi connectivity index (χ0v) is 21.5. The van der Waals surface area contributed by atoms with Crippen molar-refractivity contribution >= 4 is 17.4 Å². The first-order valence-electron chi connectivity index (χ1n) is 13.3. The van der Waals surface area contributed by atoms with E-state index in [4.69, 9.17) is 9.52 Å². The summed E-state index contributed by atoms with van der Waals surface area (Å²) in [6, 6.07) is 8.59. The highest BCUT2D eigenvalue weighted by atomic mass is 16.3. The summed E-state index contributed by atoms with van der Waals surface area (Å²) in [6.45, 7) is 8.55. The van der Waals surface area contributed by atoms with Crippen molar-refractivity contribution < 1.29 is 9.21 Å². The maximum atomic E-state index is 12.5.